The topological polar surface area (TPSA) is 71.3 Å². The summed E-state index contributed by atoms with van der Waals surface area (Å²) in [6, 6.07) is 51.7. The van der Waals surface area contributed by atoms with Gasteiger partial charge in [0.15, 0.2) is 0 Å². The van der Waals surface area contributed by atoms with Crippen LogP contribution in [-0.4, -0.2) is 38.7 Å². The number of pyridine rings is 2. The average Bonchev–Trinajstić information content (AvgIpc) is 3.99. The Bertz CT molecular complexity index is 2410. The number of nitrogens with zero attached hydrogens (tertiary/aromatic N) is 8. The van der Waals surface area contributed by atoms with Crippen LogP contribution in [0.4, 0.5) is 0 Å². The van der Waals surface area contributed by atoms with Crippen molar-refractivity contribution >= 4 is 43.6 Å². The number of rotatable bonds is 8. The number of fused-ring (bicyclic) bond motifs is 4. The number of hydrogen-bond acceptors (Lipinski definition) is 4. The van der Waals surface area contributed by atoms with E-state index in [9.17, 15) is 0 Å². The predicted molar refractivity (Wildman–Crippen MR) is 204 cm³/mol. The van der Waals surface area contributed by atoms with Crippen molar-refractivity contribution in [1.82, 2.24) is 38.7 Å². The van der Waals surface area contributed by atoms with Gasteiger partial charge < -0.3 is 18.5 Å². The van der Waals surface area contributed by atoms with Crippen molar-refractivity contribution in [2.24, 2.45) is 0 Å². The molecule has 0 saturated heterocycles. The van der Waals surface area contributed by atoms with Crippen molar-refractivity contribution in [3.8, 4) is 0 Å². The zero-order valence-electron chi connectivity index (χ0n) is 28.6. The molecule has 4 aromatic carbocycles. The second-order valence-corrected chi connectivity index (χ2v) is 12.7. The third kappa shape index (κ3) is 7.31. The first kappa shape index (κ1) is 34.0. The zero-order valence-corrected chi connectivity index (χ0v) is 31.0. The Morgan fingerprint density at radius 1 is 0.377 bits per heavy atom. The molecule has 0 aliphatic heterocycles. The fourth-order valence-corrected chi connectivity index (χ4v) is 6.62. The van der Waals surface area contributed by atoms with Crippen molar-refractivity contribution in [2.75, 3.05) is 0 Å². The summed E-state index contributed by atoms with van der Waals surface area (Å²) in [4.78, 5) is 9.65. The maximum absolute atomic E-state index is 4.87. The van der Waals surface area contributed by atoms with Gasteiger partial charge in [-0.15, -0.1) is 35.0 Å². The molecule has 0 bridgehead atoms. The first-order valence-corrected chi connectivity index (χ1v) is 17.2. The SMILES string of the molecule is [Ir].[c-]1cn(Cc2cccc(Cn3c[c-]c4ccccc43)n2)c2ccccc12.[c-]1nn(Cc2cccc(Cn3n[c-]c4ccccc43)n2)c2ccccc12. The van der Waals surface area contributed by atoms with Gasteiger partial charge in [0.25, 0.3) is 0 Å². The van der Waals surface area contributed by atoms with E-state index in [4.69, 9.17) is 9.97 Å². The van der Waals surface area contributed by atoms with Crippen LogP contribution in [-0.2, 0) is 46.3 Å². The smallest absolute Gasteiger partial charge is 0.0696 e. The van der Waals surface area contributed by atoms with E-state index in [1.807, 2.05) is 101 Å². The minimum atomic E-state index is 0. The van der Waals surface area contributed by atoms with E-state index >= 15 is 0 Å². The predicted octanol–water partition coefficient (Wildman–Crippen LogP) is 8.16. The molecule has 10 aromatic rings. The molecular weight excluding hydrogens is 833 g/mol. The molecule has 0 amide bonds. The molecule has 0 atom stereocenters. The monoisotopic (exact) mass is 865 g/mol. The van der Waals surface area contributed by atoms with Gasteiger partial charge in [0.2, 0.25) is 0 Å². The number of hydrogen-bond donors (Lipinski definition) is 0. The Morgan fingerprint density at radius 3 is 1.17 bits per heavy atom. The summed E-state index contributed by atoms with van der Waals surface area (Å²) in [5, 5.41) is 13.0. The number of aromatic nitrogens is 8. The third-order valence-electron chi connectivity index (χ3n) is 9.14. The molecule has 53 heavy (non-hydrogen) atoms. The van der Waals surface area contributed by atoms with Gasteiger partial charge in [0.1, 0.15) is 0 Å². The van der Waals surface area contributed by atoms with Crippen LogP contribution in [0.25, 0.3) is 43.6 Å². The molecule has 0 saturated carbocycles. The number of benzene rings is 4. The molecule has 8 nitrogen and oxygen atoms in total. The molecule has 0 aliphatic carbocycles. The van der Waals surface area contributed by atoms with Crippen molar-refractivity contribution in [1.29, 1.82) is 0 Å². The Hall–Kier alpha value is -6.15. The van der Waals surface area contributed by atoms with Gasteiger partial charge in [-0.05, 0) is 47.7 Å². The summed E-state index contributed by atoms with van der Waals surface area (Å²) in [7, 11) is 0. The normalized spacial score (nSPS) is 11.2. The van der Waals surface area contributed by atoms with E-state index in [2.05, 4.69) is 98.5 Å². The Kier molecular flexibility index (Phi) is 9.75. The first-order chi connectivity index (χ1) is 25.7. The molecular formula is C44H32IrN8-4. The van der Waals surface area contributed by atoms with Crippen molar-refractivity contribution in [3.05, 3.63) is 193 Å². The Labute approximate surface area is 320 Å². The molecule has 1 radical (unpaired) electrons. The molecule has 261 valence electrons. The molecule has 0 fully saturated rings. The molecule has 9 heteroatoms. The minimum Gasteiger partial charge on any atom is -0.406 e. The minimum absolute atomic E-state index is 0. The summed E-state index contributed by atoms with van der Waals surface area (Å²) in [6.45, 7) is 2.72. The number of para-hydroxylation sites is 4. The summed E-state index contributed by atoms with van der Waals surface area (Å²) >= 11 is 0. The van der Waals surface area contributed by atoms with Crippen molar-refractivity contribution < 1.29 is 20.1 Å². The standard InChI is InChI=1S/C23H17N3.C21H15N5.Ir/c1-3-10-22-18(6-1)12-14-25(22)16-20-8-5-9-21(24-20)17-26-15-13-19-7-2-4-11-23(19)26;1-3-10-20-16(6-1)12-22-25(20)14-18-8-5-9-19(24-18)15-26-21-11-4-2-7-17(21)13-23-26;/h1-11,14-15H,16-17H2;1-11H,14-15H2;/q2*-2;. The van der Waals surface area contributed by atoms with Gasteiger partial charge in [0.05, 0.1) is 49.0 Å². The van der Waals surface area contributed by atoms with E-state index in [0.29, 0.717) is 13.1 Å². The third-order valence-corrected chi connectivity index (χ3v) is 9.14. The average molecular weight is 865 g/mol. The van der Waals surface area contributed by atoms with E-state index in [1.165, 1.54) is 11.0 Å². The molecule has 0 unspecified atom stereocenters. The van der Waals surface area contributed by atoms with Gasteiger partial charge in [-0.3, -0.25) is 20.2 Å². The fourth-order valence-electron chi connectivity index (χ4n) is 6.62. The van der Waals surface area contributed by atoms with Crippen molar-refractivity contribution in [3.63, 3.8) is 0 Å². The van der Waals surface area contributed by atoms with E-state index < -0.39 is 0 Å². The summed E-state index contributed by atoms with van der Waals surface area (Å²) < 4.78 is 8.25. The largest absolute Gasteiger partial charge is 0.406 e. The van der Waals surface area contributed by atoms with Crippen LogP contribution in [0.3, 0.4) is 0 Å². The first-order valence-electron chi connectivity index (χ1n) is 17.2. The second-order valence-electron chi connectivity index (χ2n) is 12.7. The molecule has 0 aliphatic rings. The maximum Gasteiger partial charge on any atom is 0.0696 e. The van der Waals surface area contributed by atoms with Crippen LogP contribution in [0.2, 0.25) is 0 Å². The maximum atomic E-state index is 4.87. The second kappa shape index (κ2) is 15.2. The van der Waals surface area contributed by atoms with Crippen LogP contribution in [0, 0.1) is 24.5 Å². The quantitative estimate of drug-likeness (QED) is 0.145. The van der Waals surface area contributed by atoms with Crippen LogP contribution in [0.5, 0.6) is 0 Å². The van der Waals surface area contributed by atoms with Gasteiger partial charge in [0, 0.05) is 20.1 Å². The van der Waals surface area contributed by atoms with Crippen LogP contribution in [0.15, 0.2) is 146 Å². The molecule has 10 rings (SSSR count). The molecule has 6 heterocycles. The van der Waals surface area contributed by atoms with Gasteiger partial charge in [-0.2, -0.15) is 47.2 Å². The molecule has 0 N–H and O–H groups in total. The van der Waals surface area contributed by atoms with E-state index in [1.54, 1.807) is 0 Å². The van der Waals surface area contributed by atoms with Crippen LogP contribution >= 0.6 is 0 Å². The van der Waals surface area contributed by atoms with Crippen LogP contribution < -0.4 is 0 Å². The zero-order chi connectivity index (χ0) is 34.7. The van der Waals surface area contributed by atoms with Crippen molar-refractivity contribution in [2.45, 2.75) is 26.2 Å². The van der Waals surface area contributed by atoms with E-state index in [0.717, 1.165) is 68.4 Å². The van der Waals surface area contributed by atoms with E-state index in [-0.39, 0.29) is 20.1 Å². The van der Waals surface area contributed by atoms with Gasteiger partial charge >= 0.3 is 0 Å². The fraction of sp³-hybridized carbons (Fsp3) is 0.0909. The van der Waals surface area contributed by atoms with Gasteiger partial charge in [-0.1, -0.05) is 84.1 Å². The Morgan fingerprint density at radius 2 is 0.736 bits per heavy atom. The Balaban J connectivity index is 0.000000148. The summed E-state index contributed by atoms with van der Waals surface area (Å²) in [6.07, 6.45) is 10.1. The summed E-state index contributed by atoms with van der Waals surface area (Å²) in [5.74, 6) is 0. The van der Waals surface area contributed by atoms with Gasteiger partial charge in [-0.25, -0.2) is 0 Å². The van der Waals surface area contributed by atoms with Crippen LogP contribution in [0.1, 0.15) is 22.8 Å². The molecule has 6 aromatic heterocycles. The summed E-state index contributed by atoms with van der Waals surface area (Å²) in [5.41, 5.74) is 8.53. The molecule has 0 spiro atoms.